The maximum Gasteiger partial charge on any atom is 0.257 e. The number of nitrogens with zero attached hydrogens (tertiary/aromatic N) is 4. The van der Waals surface area contributed by atoms with E-state index in [4.69, 9.17) is 9.40 Å². The standard InChI is InChI=1S/C26H17N5O2/c1-15-4-7-23(33-15)24-20(16-5-6-22-17(9-16)3-2-8-29-22)10-18-11-21(19-12-27-14-28-13-19)26(32)31-25(18)30-24/h2-14H,1H3,(H,30,31,32). The van der Waals surface area contributed by atoms with Crippen molar-refractivity contribution in [3.8, 4) is 33.7 Å². The van der Waals surface area contributed by atoms with Gasteiger partial charge < -0.3 is 9.40 Å². The van der Waals surface area contributed by atoms with Crippen molar-refractivity contribution in [3.05, 3.63) is 95.6 Å². The van der Waals surface area contributed by atoms with Crippen LogP contribution in [0.3, 0.4) is 0 Å². The molecule has 6 rings (SSSR count). The number of hydrogen-bond acceptors (Lipinski definition) is 6. The Morgan fingerprint density at radius 3 is 2.55 bits per heavy atom. The highest BCUT2D eigenvalue weighted by atomic mass is 16.3. The second-order valence-electron chi connectivity index (χ2n) is 7.78. The summed E-state index contributed by atoms with van der Waals surface area (Å²) in [4.78, 5) is 33.0. The molecule has 0 saturated heterocycles. The maximum atomic E-state index is 12.8. The van der Waals surface area contributed by atoms with Gasteiger partial charge in [0, 0.05) is 40.5 Å². The Labute approximate surface area is 187 Å². The summed E-state index contributed by atoms with van der Waals surface area (Å²) >= 11 is 0. The fraction of sp³-hybridized carbons (Fsp3) is 0.0385. The Morgan fingerprint density at radius 2 is 1.73 bits per heavy atom. The average Bonchev–Trinajstić information content (AvgIpc) is 3.29. The van der Waals surface area contributed by atoms with Crippen molar-refractivity contribution in [1.29, 1.82) is 0 Å². The van der Waals surface area contributed by atoms with E-state index in [1.807, 2.05) is 55.5 Å². The highest BCUT2D eigenvalue weighted by molar-refractivity contribution is 5.93. The van der Waals surface area contributed by atoms with Crippen LogP contribution in [0.5, 0.6) is 0 Å². The van der Waals surface area contributed by atoms with E-state index in [9.17, 15) is 4.79 Å². The Bertz CT molecular complexity index is 1700. The van der Waals surface area contributed by atoms with Gasteiger partial charge in [-0.2, -0.15) is 0 Å². The molecule has 0 spiro atoms. The number of H-pyrrole nitrogens is 1. The molecule has 33 heavy (non-hydrogen) atoms. The number of fused-ring (bicyclic) bond motifs is 2. The quantitative estimate of drug-likeness (QED) is 0.415. The van der Waals surface area contributed by atoms with E-state index in [1.54, 1.807) is 18.6 Å². The van der Waals surface area contributed by atoms with Gasteiger partial charge >= 0.3 is 0 Å². The molecule has 5 aromatic heterocycles. The second-order valence-corrected chi connectivity index (χ2v) is 7.78. The summed E-state index contributed by atoms with van der Waals surface area (Å²) in [5.41, 5.74) is 4.80. The first-order chi connectivity index (χ1) is 16.2. The molecule has 0 bridgehead atoms. The summed E-state index contributed by atoms with van der Waals surface area (Å²) in [6.07, 6.45) is 6.45. The second kappa shape index (κ2) is 7.49. The largest absolute Gasteiger partial charge is 0.460 e. The first-order valence-electron chi connectivity index (χ1n) is 10.4. The molecule has 1 aromatic carbocycles. The summed E-state index contributed by atoms with van der Waals surface area (Å²) < 4.78 is 5.91. The van der Waals surface area contributed by atoms with Gasteiger partial charge in [-0.1, -0.05) is 12.1 Å². The van der Waals surface area contributed by atoms with Crippen LogP contribution in [0.1, 0.15) is 5.76 Å². The van der Waals surface area contributed by atoms with Gasteiger partial charge in [0.05, 0.1) is 11.1 Å². The normalized spacial score (nSPS) is 11.3. The van der Waals surface area contributed by atoms with Crippen molar-refractivity contribution in [2.45, 2.75) is 6.92 Å². The molecule has 0 saturated carbocycles. The van der Waals surface area contributed by atoms with E-state index < -0.39 is 0 Å². The van der Waals surface area contributed by atoms with E-state index in [0.717, 1.165) is 33.2 Å². The van der Waals surface area contributed by atoms with Crippen LogP contribution >= 0.6 is 0 Å². The van der Waals surface area contributed by atoms with Gasteiger partial charge in [-0.3, -0.25) is 9.78 Å². The zero-order chi connectivity index (χ0) is 22.4. The van der Waals surface area contributed by atoms with Gasteiger partial charge in [-0.15, -0.1) is 0 Å². The SMILES string of the molecule is Cc1ccc(-c2nc3[nH]c(=O)c(-c4cncnc4)cc3cc2-c2ccc3ncccc3c2)o1. The molecule has 0 radical (unpaired) electrons. The third-order valence-electron chi connectivity index (χ3n) is 5.59. The van der Waals surface area contributed by atoms with Gasteiger partial charge in [-0.25, -0.2) is 15.0 Å². The summed E-state index contributed by atoms with van der Waals surface area (Å²) in [7, 11) is 0. The predicted molar refractivity (Wildman–Crippen MR) is 127 cm³/mol. The summed E-state index contributed by atoms with van der Waals surface area (Å²) in [6, 6.07) is 17.7. The minimum atomic E-state index is -0.254. The third-order valence-corrected chi connectivity index (χ3v) is 5.59. The monoisotopic (exact) mass is 431 g/mol. The number of nitrogens with one attached hydrogen (secondary N) is 1. The van der Waals surface area contributed by atoms with E-state index in [0.29, 0.717) is 28.2 Å². The molecule has 6 aromatic rings. The van der Waals surface area contributed by atoms with Crippen molar-refractivity contribution in [3.63, 3.8) is 0 Å². The van der Waals surface area contributed by atoms with Crippen LogP contribution in [0, 0.1) is 6.92 Å². The van der Waals surface area contributed by atoms with Gasteiger partial charge in [0.1, 0.15) is 23.4 Å². The lowest BCUT2D eigenvalue weighted by Crippen LogP contribution is -2.10. The number of furan rings is 1. The molecular weight excluding hydrogens is 414 g/mol. The zero-order valence-electron chi connectivity index (χ0n) is 17.6. The molecule has 0 aliphatic rings. The molecule has 0 aliphatic carbocycles. The van der Waals surface area contributed by atoms with Crippen LogP contribution in [0.15, 0.2) is 88.7 Å². The highest BCUT2D eigenvalue weighted by Crippen LogP contribution is 2.35. The molecule has 0 unspecified atom stereocenters. The van der Waals surface area contributed by atoms with Gasteiger partial charge in [0.2, 0.25) is 0 Å². The van der Waals surface area contributed by atoms with Gasteiger partial charge in [0.25, 0.3) is 5.56 Å². The van der Waals surface area contributed by atoms with Crippen molar-refractivity contribution >= 4 is 21.9 Å². The minimum absolute atomic E-state index is 0.254. The van der Waals surface area contributed by atoms with Crippen molar-refractivity contribution in [2.24, 2.45) is 0 Å². The van der Waals surface area contributed by atoms with E-state index in [2.05, 4.69) is 26.0 Å². The number of pyridine rings is 3. The van der Waals surface area contributed by atoms with Gasteiger partial charge in [0.15, 0.2) is 5.76 Å². The zero-order valence-corrected chi connectivity index (χ0v) is 17.6. The molecule has 7 heteroatoms. The first-order valence-corrected chi connectivity index (χ1v) is 10.4. The van der Waals surface area contributed by atoms with Crippen LogP contribution in [0.25, 0.3) is 55.6 Å². The highest BCUT2D eigenvalue weighted by Gasteiger charge is 2.17. The van der Waals surface area contributed by atoms with Crippen LogP contribution in [0.4, 0.5) is 0 Å². The molecule has 5 heterocycles. The summed E-state index contributed by atoms with van der Waals surface area (Å²) in [5, 5.41) is 1.82. The van der Waals surface area contributed by atoms with Crippen LogP contribution < -0.4 is 5.56 Å². The smallest absolute Gasteiger partial charge is 0.257 e. The number of hydrogen-bond donors (Lipinski definition) is 1. The Kier molecular flexibility index (Phi) is 4.33. The fourth-order valence-corrected chi connectivity index (χ4v) is 4.00. The Morgan fingerprint density at radius 1 is 0.879 bits per heavy atom. The van der Waals surface area contributed by atoms with E-state index >= 15 is 0 Å². The number of benzene rings is 1. The van der Waals surface area contributed by atoms with Crippen LogP contribution in [-0.4, -0.2) is 24.9 Å². The molecule has 0 fully saturated rings. The maximum absolute atomic E-state index is 12.8. The van der Waals surface area contributed by atoms with Gasteiger partial charge in [-0.05, 0) is 55.0 Å². The Balaban J connectivity index is 1.63. The lowest BCUT2D eigenvalue weighted by molar-refractivity contribution is 0.547. The lowest BCUT2D eigenvalue weighted by atomic mass is 9.98. The first kappa shape index (κ1) is 19.1. The lowest BCUT2D eigenvalue weighted by Gasteiger charge is -2.11. The van der Waals surface area contributed by atoms with Crippen molar-refractivity contribution in [2.75, 3.05) is 0 Å². The third kappa shape index (κ3) is 3.36. The van der Waals surface area contributed by atoms with Crippen LogP contribution in [-0.2, 0) is 0 Å². The fourth-order valence-electron chi connectivity index (χ4n) is 4.00. The molecule has 0 aliphatic heterocycles. The number of aryl methyl sites for hydroxylation is 1. The van der Waals surface area contributed by atoms with Crippen LogP contribution in [0.2, 0.25) is 0 Å². The van der Waals surface area contributed by atoms with Crippen molar-refractivity contribution < 1.29 is 4.42 Å². The summed E-state index contributed by atoms with van der Waals surface area (Å²) in [5.74, 6) is 1.42. The van der Waals surface area contributed by atoms with E-state index in [-0.39, 0.29) is 5.56 Å². The van der Waals surface area contributed by atoms with E-state index in [1.165, 1.54) is 6.33 Å². The minimum Gasteiger partial charge on any atom is -0.460 e. The molecule has 0 amide bonds. The predicted octanol–water partition coefficient (Wildman–Crippen LogP) is 5.16. The number of aromatic amines is 1. The number of rotatable bonds is 3. The molecule has 158 valence electrons. The van der Waals surface area contributed by atoms with Crippen molar-refractivity contribution in [1.82, 2.24) is 24.9 Å². The molecule has 0 atom stereocenters. The number of aromatic nitrogens is 5. The topological polar surface area (TPSA) is 97.6 Å². The average molecular weight is 431 g/mol. The molecular formula is C26H17N5O2. The summed E-state index contributed by atoms with van der Waals surface area (Å²) in [6.45, 7) is 1.89. The Hall–Kier alpha value is -4.65. The molecule has 1 N–H and O–H groups in total. The molecule has 7 nitrogen and oxygen atoms in total.